The number of ether oxygens (including phenoxy) is 3. The maximum atomic E-state index is 14.1. The molecule has 4 rings (SSSR count). The number of rotatable bonds is 13. The summed E-state index contributed by atoms with van der Waals surface area (Å²) in [5.74, 6) is -3.24. The molecule has 0 fully saturated rings. The summed E-state index contributed by atoms with van der Waals surface area (Å²) in [6.45, 7) is 1.69. The summed E-state index contributed by atoms with van der Waals surface area (Å²) in [6, 6.07) is 28.6. The van der Waals surface area contributed by atoms with Crippen LogP contribution in [0.2, 0.25) is 0 Å². The third kappa shape index (κ3) is 7.48. The van der Waals surface area contributed by atoms with Gasteiger partial charge in [-0.05, 0) is 41.8 Å². The highest BCUT2D eigenvalue weighted by Gasteiger charge is 2.50. The molecular weight excluding hydrogens is 612 g/mol. The first-order valence-corrected chi connectivity index (χ1v) is 15.5. The normalized spacial score (nSPS) is 13.6. The predicted molar refractivity (Wildman–Crippen MR) is 169 cm³/mol. The molecule has 0 aliphatic heterocycles. The fourth-order valence-corrected chi connectivity index (χ4v) is 5.91. The highest BCUT2D eigenvalue weighted by molar-refractivity contribution is 7.89. The van der Waals surface area contributed by atoms with E-state index in [-0.39, 0.29) is 22.8 Å². The molecule has 0 bridgehead atoms. The number of aryl methyl sites for hydroxylation is 1. The van der Waals surface area contributed by atoms with E-state index in [4.69, 9.17) is 14.2 Å². The first-order valence-electron chi connectivity index (χ1n) is 14.0. The molecule has 0 aliphatic rings. The topological polar surface area (TPSA) is 151 Å². The Balaban J connectivity index is 2.01. The minimum absolute atomic E-state index is 0.106. The molecule has 46 heavy (non-hydrogen) atoms. The van der Waals surface area contributed by atoms with Crippen molar-refractivity contribution >= 4 is 27.6 Å². The SMILES string of the molecule is COC(=O)/C(=C/C(c1ccc([N+](=O)[O-])cc1)C(OCc1ccccc1)(C(=O)OC)c1ccccc1)NS(=O)(=O)c1ccc(C)cc1. The van der Waals surface area contributed by atoms with Crippen LogP contribution in [-0.2, 0) is 46.0 Å². The lowest BCUT2D eigenvalue weighted by Crippen LogP contribution is -2.45. The van der Waals surface area contributed by atoms with Crippen LogP contribution in [0.3, 0.4) is 0 Å². The molecule has 12 heteroatoms. The number of nitrogens with one attached hydrogen (secondary N) is 1. The van der Waals surface area contributed by atoms with Gasteiger partial charge in [0.25, 0.3) is 15.7 Å². The molecule has 0 spiro atoms. The average molecular weight is 645 g/mol. The number of hydrogen-bond donors (Lipinski definition) is 1. The van der Waals surface area contributed by atoms with Crippen LogP contribution in [0.1, 0.15) is 28.2 Å². The second kappa shape index (κ2) is 14.6. The molecule has 4 aromatic rings. The molecule has 0 heterocycles. The average Bonchev–Trinajstić information content (AvgIpc) is 3.08. The van der Waals surface area contributed by atoms with Gasteiger partial charge in [0.15, 0.2) is 0 Å². The van der Waals surface area contributed by atoms with E-state index < -0.39 is 44.1 Å². The number of sulfonamides is 1. The quantitative estimate of drug-likeness (QED) is 0.0884. The molecule has 0 radical (unpaired) electrons. The third-order valence-electron chi connectivity index (χ3n) is 7.22. The number of nitro groups is 1. The van der Waals surface area contributed by atoms with Gasteiger partial charge in [-0.2, -0.15) is 0 Å². The zero-order valence-corrected chi connectivity index (χ0v) is 26.1. The van der Waals surface area contributed by atoms with E-state index >= 15 is 0 Å². The van der Waals surface area contributed by atoms with Gasteiger partial charge < -0.3 is 14.2 Å². The number of hydrogen-bond acceptors (Lipinski definition) is 9. The highest BCUT2D eigenvalue weighted by atomic mass is 32.2. The first kappa shape index (κ1) is 33.6. The van der Waals surface area contributed by atoms with Crippen LogP contribution in [0.15, 0.2) is 126 Å². The summed E-state index contributed by atoms with van der Waals surface area (Å²) in [5, 5.41) is 11.5. The fourth-order valence-electron chi connectivity index (χ4n) is 4.86. The van der Waals surface area contributed by atoms with Crippen molar-refractivity contribution in [3.05, 3.63) is 153 Å². The Hall–Kier alpha value is -5.33. The second-order valence-electron chi connectivity index (χ2n) is 10.2. The predicted octanol–water partition coefficient (Wildman–Crippen LogP) is 5.31. The Morgan fingerprint density at radius 2 is 1.46 bits per heavy atom. The molecule has 0 aromatic heterocycles. The summed E-state index contributed by atoms with van der Waals surface area (Å²) in [6.07, 6.45) is 1.20. The van der Waals surface area contributed by atoms with E-state index in [0.29, 0.717) is 11.1 Å². The lowest BCUT2D eigenvalue weighted by atomic mass is 9.76. The van der Waals surface area contributed by atoms with Crippen LogP contribution in [0.4, 0.5) is 5.69 Å². The minimum Gasteiger partial charge on any atom is -0.467 e. The van der Waals surface area contributed by atoms with E-state index in [1.54, 1.807) is 73.7 Å². The van der Waals surface area contributed by atoms with Gasteiger partial charge in [-0.15, -0.1) is 0 Å². The van der Waals surface area contributed by atoms with Gasteiger partial charge in [0, 0.05) is 18.1 Å². The molecule has 4 aromatic carbocycles. The third-order valence-corrected chi connectivity index (χ3v) is 8.60. The standard InChI is InChI=1S/C34H32N2O9S/c1-24-14-20-29(21-15-24)46(41,42)35-31(32(37)43-2)22-30(26-16-18-28(19-17-26)36(39)40)34(33(38)44-3,27-12-8-5-9-13-27)45-23-25-10-6-4-7-11-25/h4-22,30,35H,23H2,1-3H3/b31-22-. The fraction of sp³-hybridized carbons (Fsp3) is 0.176. The van der Waals surface area contributed by atoms with Crippen LogP contribution in [0.25, 0.3) is 0 Å². The van der Waals surface area contributed by atoms with Crippen molar-refractivity contribution in [1.29, 1.82) is 0 Å². The van der Waals surface area contributed by atoms with Crippen LogP contribution < -0.4 is 4.72 Å². The van der Waals surface area contributed by atoms with Crippen molar-refractivity contribution in [2.45, 2.75) is 29.9 Å². The maximum absolute atomic E-state index is 14.1. The Morgan fingerprint density at radius 3 is 2.00 bits per heavy atom. The summed E-state index contributed by atoms with van der Waals surface area (Å²) < 4.78 is 46.0. The lowest BCUT2D eigenvalue weighted by molar-refractivity contribution is -0.384. The molecule has 0 aliphatic carbocycles. The van der Waals surface area contributed by atoms with E-state index in [0.717, 1.165) is 12.7 Å². The summed E-state index contributed by atoms with van der Waals surface area (Å²) in [4.78, 5) is 38.1. The summed E-state index contributed by atoms with van der Waals surface area (Å²) >= 11 is 0. The molecular formula is C34H32N2O9S. The molecule has 0 saturated heterocycles. The van der Waals surface area contributed by atoms with Crippen molar-refractivity contribution in [1.82, 2.24) is 4.72 Å². The van der Waals surface area contributed by atoms with Crippen LogP contribution in [0.5, 0.6) is 0 Å². The van der Waals surface area contributed by atoms with Crippen molar-refractivity contribution in [3.8, 4) is 0 Å². The van der Waals surface area contributed by atoms with Crippen LogP contribution >= 0.6 is 0 Å². The molecule has 2 unspecified atom stereocenters. The Morgan fingerprint density at radius 1 is 0.870 bits per heavy atom. The number of methoxy groups -OCH3 is 2. The number of esters is 2. The van der Waals surface area contributed by atoms with Crippen molar-refractivity contribution in [2.24, 2.45) is 0 Å². The van der Waals surface area contributed by atoms with E-state index in [1.165, 1.54) is 49.6 Å². The van der Waals surface area contributed by atoms with Gasteiger partial charge in [0.1, 0.15) is 5.70 Å². The van der Waals surface area contributed by atoms with Gasteiger partial charge in [0.2, 0.25) is 5.60 Å². The monoisotopic (exact) mass is 644 g/mol. The van der Waals surface area contributed by atoms with Crippen molar-refractivity contribution < 1.29 is 37.1 Å². The number of nitro benzene ring substituents is 1. The maximum Gasteiger partial charge on any atom is 0.354 e. The van der Waals surface area contributed by atoms with E-state index in [1.807, 2.05) is 6.07 Å². The Bertz CT molecular complexity index is 1810. The van der Waals surface area contributed by atoms with Crippen molar-refractivity contribution in [2.75, 3.05) is 14.2 Å². The number of benzene rings is 4. The van der Waals surface area contributed by atoms with Gasteiger partial charge in [0.05, 0.1) is 30.6 Å². The Labute approximate surface area is 266 Å². The van der Waals surface area contributed by atoms with Crippen LogP contribution in [0, 0.1) is 17.0 Å². The van der Waals surface area contributed by atoms with Crippen molar-refractivity contribution in [3.63, 3.8) is 0 Å². The van der Waals surface area contributed by atoms with Gasteiger partial charge >= 0.3 is 11.9 Å². The molecule has 0 amide bonds. The first-order chi connectivity index (χ1) is 22.0. The summed E-state index contributed by atoms with van der Waals surface area (Å²) in [5.41, 5.74) is -0.705. The molecule has 1 N–H and O–H groups in total. The smallest absolute Gasteiger partial charge is 0.354 e. The second-order valence-corrected chi connectivity index (χ2v) is 11.9. The summed E-state index contributed by atoms with van der Waals surface area (Å²) in [7, 11) is -2.09. The molecule has 0 saturated carbocycles. The zero-order valence-electron chi connectivity index (χ0n) is 25.3. The molecule has 238 valence electrons. The largest absolute Gasteiger partial charge is 0.467 e. The molecule has 2 atom stereocenters. The highest BCUT2D eigenvalue weighted by Crippen LogP contribution is 2.44. The number of carbonyl (C=O) groups excluding carboxylic acids is 2. The number of nitrogens with zero attached hydrogens (tertiary/aromatic N) is 1. The van der Waals surface area contributed by atoms with Gasteiger partial charge in [-0.1, -0.05) is 90.5 Å². The molecule has 11 nitrogen and oxygen atoms in total. The Kier molecular flexibility index (Phi) is 10.7. The van der Waals surface area contributed by atoms with Gasteiger partial charge in [-0.3, -0.25) is 14.8 Å². The number of non-ortho nitro benzene ring substituents is 1. The lowest BCUT2D eigenvalue weighted by Gasteiger charge is -2.38. The minimum atomic E-state index is -4.33. The van der Waals surface area contributed by atoms with Crippen LogP contribution in [-0.4, -0.2) is 39.5 Å². The zero-order chi connectivity index (χ0) is 33.3. The van der Waals surface area contributed by atoms with Gasteiger partial charge in [-0.25, -0.2) is 18.0 Å². The van der Waals surface area contributed by atoms with E-state index in [2.05, 4.69) is 4.72 Å². The number of carbonyl (C=O) groups is 2. The van der Waals surface area contributed by atoms with E-state index in [9.17, 15) is 28.1 Å².